The van der Waals surface area contributed by atoms with Crippen molar-refractivity contribution in [3.05, 3.63) is 23.8 Å². The highest BCUT2D eigenvalue weighted by atomic mass is 16.3. The van der Waals surface area contributed by atoms with Gasteiger partial charge in [-0.05, 0) is 32.0 Å². The fraction of sp³-hybridized carbons (Fsp3) is 0.533. The molecule has 0 spiro atoms. The number of hydrogen-bond acceptors (Lipinski definition) is 4. The molecule has 0 aliphatic heterocycles. The Labute approximate surface area is 120 Å². The van der Waals surface area contributed by atoms with Gasteiger partial charge in [0.15, 0.2) is 0 Å². The van der Waals surface area contributed by atoms with Crippen LogP contribution >= 0.6 is 0 Å². The van der Waals surface area contributed by atoms with Crippen LogP contribution in [0.4, 0.5) is 0 Å². The van der Waals surface area contributed by atoms with Crippen LogP contribution in [-0.2, 0) is 4.79 Å². The Morgan fingerprint density at radius 1 is 1.25 bits per heavy atom. The van der Waals surface area contributed by atoms with Crippen molar-refractivity contribution in [3.63, 3.8) is 0 Å². The molecular formula is C15H24N2O3. The maximum atomic E-state index is 11.9. The number of aromatic hydroxyl groups is 2. The summed E-state index contributed by atoms with van der Waals surface area (Å²) in [7, 11) is 3.43. The van der Waals surface area contributed by atoms with Crippen molar-refractivity contribution in [2.45, 2.75) is 26.3 Å². The Balaban J connectivity index is 2.99. The molecule has 0 fully saturated rings. The second-order valence-corrected chi connectivity index (χ2v) is 5.14. The van der Waals surface area contributed by atoms with Gasteiger partial charge in [0.2, 0.25) is 5.91 Å². The van der Waals surface area contributed by atoms with E-state index in [1.165, 1.54) is 0 Å². The van der Waals surface area contributed by atoms with Gasteiger partial charge in [-0.2, -0.15) is 0 Å². The number of hydrogen-bond donors (Lipinski definition) is 2. The van der Waals surface area contributed by atoms with Crippen LogP contribution in [-0.4, -0.2) is 53.1 Å². The average Bonchev–Trinajstić information content (AvgIpc) is 2.37. The van der Waals surface area contributed by atoms with Gasteiger partial charge in [-0.25, -0.2) is 0 Å². The molecule has 5 heteroatoms. The van der Waals surface area contributed by atoms with Gasteiger partial charge in [-0.1, -0.05) is 13.0 Å². The molecular weight excluding hydrogens is 256 g/mol. The van der Waals surface area contributed by atoms with Crippen molar-refractivity contribution in [1.29, 1.82) is 0 Å². The summed E-state index contributed by atoms with van der Waals surface area (Å²) in [6.07, 6.45) is 0.888. The smallest absolute Gasteiger partial charge is 0.236 e. The Hall–Kier alpha value is -1.75. The number of carbonyl (C=O) groups is 1. The second kappa shape index (κ2) is 7.14. The lowest BCUT2D eigenvalue weighted by Gasteiger charge is -2.30. The van der Waals surface area contributed by atoms with E-state index in [4.69, 9.17) is 0 Å². The van der Waals surface area contributed by atoms with E-state index in [0.717, 1.165) is 6.42 Å². The first-order valence-electron chi connectivity index (χ1n) is 6.83. The van der Waals surface area contributed by atoms with Crippen LogP contribution < -0.4 is 0 Å². The van der Waals surface area contributed by atoms with Crippen LogP contribution in [0.25, 0.3) is 0 Å². The molecule has 0 heterocycles. The zero-order valence-electron chi connectivity index (χ0n) is 12.6. The molecule has 2 N–H and O–H groups in total. The van der Waals surface area contributed by atoms with E-state index in [1.54, 1.807) is 37.2 Å². The van der Waals surface area contributed by atoms with Gasteiger partial charge in [0.25, 0.3) is 0 Å². The number of nitrogens with zero attached hydrogens (tertiary/aromatic N) is 2. The number of benzene rings is 1. The van der Waals surface area contributed by atoms with Gasteiger partial charge in [0.1, 0.15) is 11.5 Å². The summed E-state index contributed by atoms with van der Waals surface area (Å²) in [6.45, 7) is 4.89. The lowest BCUT2D eigenvalue weighted by Crippen LogP contribution is -2.38. The summed E-state index contributed by atoms with van der Waals surface area (Å²) in [5.74, 6) is 0.104. The Morgan fingerprint density at radius 2 is 1.80 bits per heavy atom. The predicted molar refractivity (Wildman–Crippen MR) is 78.7 cm³/mol. The largest absolute Gasteiger partial charge is 0.507 e. The minimum Gasteiger partial charge on any atom is -0.507 e. The summed E-state index contributed by atoms with van der Waals surface area (Å²) >= 11 is 0. The molecule has 0 saturated heterocycles. The standard InChI is InChI=1S/C15H24N2O3/c1-5-9-17(10-14(20)16(3)4)11(2)15-12(18)7-6-8-13(15)19/h6-8,11,18-19H,5,9-10H2,1-4H3. The third-order valence-electron chi connectivity index (χ3n) is 3.37. The van der Waals surface area contributed by atoms with E-state index >= 15 is 0 Å². The molecule has 0 aliphatic carbocycles. The Bertz CT molecular complexity index is 440. The van der Waals surface area contributed by atoms with Crippen LogP contribution in [0.2, 0.25) is 0 Å². The fourth-order valence-corrected chi connectivity index (χ4v) is 2.16. The van der Waals surface area contributed by atoms with Crippen molar-refractivity contribution in [1.82, 2.24) is 9.80 Å². The molecule has 1 unspecified atom stereocenters. The van der Waals surface area contributed by atoms with Crippen LogP contribution in [0.15, 0.2) is 18.2 Å². The van der Waals surface area contributed by atoms with Crippen molar-refractivity contribution in [2.24, 2.45) is 0 Å². The van der Waals surface area contributed by atoms with Gasteiger partial charge >= 0.3 is 0 Å². The fourth-order valence-electron chi connectivity index (χ4n) is 2.16. The summed E-state index contributed by atoms with van der Waals surface area (Å²) in [5.41, 5.74) is 0.465. The number of carbonyl (C=O) groups excluding carboxylic acids is 1. The number of phenols is 2. The summed E-state index contributed by atoms with van der Waals surface area (Å²) in [4.78, 5) is 15.4. The third-order valence-corrected chi connectivity index (χ3v) is 3.37. The van der Waals surface area contributed by atoms with Crippen LogP contribution in [0.5, 0.6) is 11.5 Å². The minimum atomic E-state index is -0.236. The molecule has 0 aliphatic rings. The number of likely N-dealkylation sites (N-methyl/N-ethyl adjacent to an activating group) is 1. The van der Waals surface area contributed by atoms with Crippen molar-refractivity contribution in [3.8, 4) is 11.5 Å². The molecule has 0 saturated carbocycles. The van der Waals surface area contributed by atoms with Crippen molar-refractivity contribution < 1.29 is 15.0 Å². The van der Waals surface area contributed by atoms with E-state index in [0.29, 0.717) is 12.1 Å². The van der Waals surface area contributed by atoms with E-state index in [2.05, 4.69) is 0 Å². The molecule has 1 aromatic rings. The topological polar surface area (TPSA) is 64.0 Å². The second-order valence-electron chi connectivity index (χ2n) is 5.14. The van der Waals surface area contributed by atoms with Crippen molar-refractivity contribution >= 4 is 5.91 Å². The highest BCUT2D eigenvalue weighted by Crippen LogP contribution is 2.35. The first-order valence-corrected chi connectivity index (χ1v) is 6.83. The monoisotopic (exact) mass is 280 g/mol. The SMILES string of the molecule is CCCN(CC(=O)N(C)C)C(C)c1c(O)cccc1O. The van der Waals surface area contributed by atoms with Gasteiger partial charge in [-0.15, -0.1) is 0 Å². The molecule has 20 heavy (non-hydrogen) atoms. The van der Waals surface area contributed by atoms with Gasteiger partial charge in [0.05, 0.1) is 12.1 Å². The Morgan fingerprint density at radius 3 is 2.25 bits per heavy atom. The first-order chi connectivity index (χ1) is 9.38. The van der Waals surface area contributed by atoms with Gasteiger partial charge in [-0.3, -0.25) is 9.69 Å². The molecule has 1 amide bonds. The maximum Gasteiger partial charge on any atom is 0.236 e. The quantitative estimate of drug-likeness (QED) is 0.836. The number of rotatable bonds is 6. The molecule has 0 aromatic heterocycles. The van der Waals surface area contributed by atoms with Crippen LogP contribution in [0, 0.1) is 0 Å². The molecule has 1 aromatic carbocycles. The maximum absolute atomic E-state index is 11.9. The van der Waals surface area contributed by atoms with Gasteiger partial charge in [0, 0.05) is 20.1 Å². The average molecular weight is 280 g/mol. The molecule has 1 atom stereocenters. The highest BCUT2D eigenvalue weighted by molar-refractivity contribution is 5.77. The lowest BCUT2D eigenvalue weighted by molar-refractivity contribution is -0.130. The zero-order valence-corrected chi connectivity index (χ0v) is 12.6. The van der Waals surface area contributed by atoms with E-state index in [-0.39, 0.29) is 30.0 Å². The summed E-state index contributed by atoms with van der Waals surface area (Å²) < 4.78 is 0. The van der Waals surface area contributed by atoms with Crippen LogP contribution in [0.3, 0.4) is 0 Å². The predicted octanol–water partition coefficient (Wildman–Crippen LogP) is 1.96. The summed E-state index contributed by atoms with van der Waals surface area (Å²) in [5, 5.41) is 19.9. The highest BCUT2D eigenvalue weighted by Gasteiger charge is 2.23. The van der Waals surface area contributed by atoms with E-state index in [1.807, 2.05) is 18.7 Å². The zero-order chi connectivity index (χ0) is 15.3. The first kappa shape index (κ1) is 16.3. The van der Waals surface area contributed by atoms with Gasteiger partial charge < -0.3 is 15.1 Å². The summed E-state index contributed by atoms with van der Waals surface area (Å²) in [6, 6.07) is 4.45. The molecule has 1 rings (SSSR count). The normalized spacial score (nSPS) is 12.4. The molecule has 0 bridgehead atoms. The number of amides is 1. The molecule has 5 nitrogen and oxygen atoms in total. The van der Waals surface area contributed by atoms with Crippen LogP contribution in [0.1, 0.15) is 31.9 Å². The number of phenolic OH excluding ortho intramolecular Hbond substituents is 2. The van der Waals surface area contributed by atoms with Crippen molar-refractivity contribution in [2.75, 3.05) is 27.2 Å². The minimum absolute atomic E-state index is 0.000195. The van der Waals surface area contributed by atoms with E-state index < -0.39 is 0 Å². The Kier molecular flexibility index (Phi) is 5.82. The van der Waals surface area contributed by atoms with E-state index in [9.17, 15) is 15.0 Å². The lowest BCUT2D eigenvalue weighted by atomic mass is 10.0. The molecule has 112 valence electrons. The third kappa shape index (κ3) is 3.87. The molecule has 0 radical (unpaired) electrons.